The van der Waals surface area contributed by atoms with Gasteiger partial charge in [0.1, 0.15) is 5.82 Å². The summed E-state index contributed by atoms with van der Waals surface area (Å²) in [7, 11) is 1.56. The Kier molecular flexibility index (Phi) is 4.94. The molecular formula is C10H13F2N5. The quantitative estimate of drug-likeness (QED) is 0.460. The summed E-state index contributed by atoms with van der Waals surface area (Å²) in [5.41, 5.74) is 0. The second kappa shape index (κ2) is 6.48. The lowest BCUT2D eigenvalue weighted by atomic mass is 10.5. The van der Waals surface area contributed by atoms with Crippen LogP contribution in [0.2, 0.25) is 0 Å². The highest BCUT2D eigenvalue weighted by Crippen LogP contribution is 2.11. The highest BCUT2D eigenvalue weighted by molar-refractivity contribution is 5.79. The highest BCUT2D eigenvalue weighted by atomic mass is 19.3. The molecule has 92 valence electrons. The Hall–Kier alpha value is -2.10. The molecule has 1 aromatic heterocycles. The highest BCUT2D eigenvalue weighted by Gasteiger charge is 2.11. The molecule has 1 rings (SSSR count). The summed E-state index contributed by atoms with van der Waals surface area (Å²) >= 11 is 0. The van der Waals surface area contributed by atoms with Crippen LogP contribution in [-0.4, -0.2) is 29.1 Å². The maximum absolute atomic E-state index is 12.5. The number of rotatable bonds is 4. The van der Waals surface area contributed by atoms with Gasteiger partial charge < -0.3 is 10.6 Å². The summed E-state index contributed by atoms with van der Waals surface area (Å²) in [4.78, 5) is 7.70. The van der Waals surface area contributed by atoms with Crippen molar-refractivity contribution in [2.75, 3.05) is 13.6 Å². The van der Waals surface area contributed by atoms with Crippen molar-refractivity contribution in [3.8, 4) is 12.3 Å². The molecule has 1 aromatic rings. The zero-order valence-electron chi connectivity index (χ0n) is 9.32. The number of terminal acetylenes is 1. The van der Waals surface area contributed by atoms with Gasteiger partial charge in [-0.1, -0.05) is 5.92 Å². The number of guanidine groups is 1. The number of nitrogens with zero attached hydrogens (tertiary/aromatic N) is 3. The zero-order valence-corrected chi connectivity index (χ0v) is 9.32. The summed E-state index contributed by atoms with van der Waals surface area (Å²) < 4.78 is 25.8. The van der Waals surface area contributed by atoms with Gasteiger partial charge in [0.2, 0.25) is 0 Å². The van der Waals surface area contributed by atoms with E-state index in [9.17, 15) is 8.78 Å². The van der Waals surface area contributed by atoms with Crippen molar-refractivity contribution in [3.05, 3.63) is 18.2 Å². The average molecular weight is 241 g/mol. The minimum atomic E-state index is -2.60. The van der Waals surface area contributed by atoms with Crippen LogP contribution in [0.1, 0.15) is 12.4 Å². The number of aliphatic imine (C=N–C) groups is 1. The van der Waals surface area contributed by atoms with Gasteiger partial charge in [0, 0.05) is 19.4 Å². The van der Waals surface area contributed by atoms with Crippen LogP contribution in [0.3, 0.4) is 0 Å². The molecule has 0 aliphatic carbocycles. The van der Waals surface area contributed by atoms with Crippen molar-refractivity contribution < 1.29 is 8.78 Å². The smallest absolute Gasteiger partial charge is 0.319 e. The maximum atomic E-state index is 12.5. The second-order valence-corrected chi connectivity index (χ2v) is 3.01. The SMILES string of the molecule is C#CCNC(=NC)NCc1nccn1C(F)F. The van der Waals surface area contributed by atoms with Gasteiger partial charge >= 0.3 is 6.55 Å². The fourth-order valence-electron chi connectivity index (χ4n) is 1.18. The standard InChI is InChI=1S/C10H13F2N5/c1-3-4-15-10(13-2)16-7-8-14-5-6-17(8)9(11)12/h1,5-6,9H,4,7H2,2H3,(H2,13,15,16). The number of aromatic nitrogens is 2. The van der Waals surface area contributed by atoms with E-state index >= 15 is 0 Å². The Morgan fingerprint density at radius 3 is 3.00 bits per heavy atom. The number of imidazole rings is 1. The van der Waals surface area contributed by atoms with E-state index in [1.54, 1.807) is 7.05 Å². The zero-order chi connectivity index (χ0) is 12.7. The Balaban J connectivity index is 2.55. The molecule has 0 amide bonds. The Bertz CT molecular complexity index is 419. The summed E-state index contributed by atoms with van der Waals surface area (Å²) in [6.45, 7) is -2.15. The Labute approximate surface area is 98.0 Å². The molecule has 1 heterocycles. The maximum Gasteiger partial charge on any atom is 0.319 e. The largest absolute Gasteiger partial charge is 0.349 e. The van der Waals surface area contributed by atoms with Gasteiger partial charge in [0.25, 0.3) is 0 Å². The van der Waals surface area contributed by atoms with Crippen LogP contribution in [-0.2, 0) is 6.54 Å². The molecule has 2 N–H and O–H groups in total. The van der Waals surface area contributed by atoms with Crippen molar-refractivity contribution in [2.24, 2.45) is 4.99 Å². The molecule has 17 heavy (non-hydrogen) atoms. The number of nitrogens with one attached hydrogen (secondary N) is 2. The van der Waals surface area contributed by atoms with Crippen molar-refractivity contribution in [3.63, 3.8) is 0 Å². The average Bonchev–Trinajstić information content (AvgIpc) is 2.78. The molecular weight excluding hydrogens is 228 g/mol. The molecule has 0 radical (unpaired) electrons. The summed E-state index contributed by atoms with van der Waals surface area (Å²) in [6, 6.07) is 0. The predicted octanol–water partition coefficient (Wildman–Crippen LogP) is 0.576. The lowest BCUT2D eigenvalue weighted by Crippen LogP contribution is -2.37. The number of hydrogen-bond acceptors (Lipinski definition) is 2. The van der Waals surface area contributed by atoms with E-state index in [1.807, 2.05) is 0 Å². The molecule has 5 nitrogen and oxygen atoms in total. The van der Waals surface area contributed by atoms with E-state index in [0.29, 0.717) is 12.5 Å². The number of hydrogen-bond donors (Lipinski definition) is 2. The van der Waals surface area contributed by atoms with Gasteiger partial charge in [-0.25, -0.2) is 4.98 Å². The van der Waals surface area contributed by atoms with Crippen LogP contribution in [0.15, 0.2) is 17.4 Å². The van der Waals surface area contributed by atoms with Gasteiger partial charge in [0.15, 0.2) is 5.96 Å². The molecule has 0 saturated heterocycles. The third kappa shape index (κ3) is 3.75. The van der Waals surface area contributed by atoms with E-state index < -0.39 is 6.55 Å². The van der Waals surface area contributed by atoms with Gasteiger partial charge in [-0.15, -0.1) is 6.42 Å². The first-order chi connectivity index (χ1) is 8.19. The summed E-state index contributed by atoms with van der Waals surface area (Å²) in [5.74, 6) is 3.04. The van der Waals surface area contributed by atoms with Crippen LogP contribution >= 0.6 is 0 Å². The number of alkyl halides is 2. The summed E-state index contributed by atoms with van der Waals surface area (Å²) in [6.07, 6.45) is 7.62. The topological polar surface area (TPSA) is 54.2 Å². The monoisotopic (exact) mass is 241 g/mol. The lowest BCUT2D eigenvalue weighted by Gasteiger charge is -2.10. The van der Waals surface area contributed by atoms with Crippen molar-refractivity contribution in [2.45, 2.75) is 13.1 Å². The van der Waals surface area contributed by atoms with Crippen LogP contribution in [0.5, 0.6) is 0 Å². The molecule has 0 unspecified atom stereocenters. The molecule has 0 aliphatic heterocycles. The minimum Gasteiger partial charge on any atom is -0.349 e. The van der Waals surface area contributed by atoms with Crippen molar-refractivity contribution >= 4 is 5.96 Å². The van der Waals surface area contributed by atoms with E-state index in [0.717, 1.165) is 4.57 Å². The van der Waals surface area contributed by atoms with Gasteiger partial charge in [-0.2, -0.15) is 8.78 Å². The minimum absolute atomic E-state index is 0.140. The van der Waals surface area contributed by atoms with Crippen molar-refractivity contribution in [1.82, 2.24) is 20.2 Å². The second-order valence-electron chi connectivity index (χ2n) is 3.01. The van der Waals surface area contributed by atoms with Crippen LogP contribution in [0.25, 0.3) is 0 Å². The fraction of sp³-hybridized carbons (Fsp3) is 0.400. The molecule has 0 aliphatic rings. The Morgan fingerprint density at radius 2 is 2.41 bits per heavy atom. The first kappa shape index (κ1) is 13.0. The van der Waals surface area contributed by atoms with Crippen molar-refractivity contribution in [1.29, 1.82) is 0 Å². The molecule has 0 saturated carbocycles. The predicted molar refractivity (Wildman–Crippen MR) is 60.5 cm³/mol. The Morgan fingerprint density at radius 1 is 1.65 bits per heavy atom. The fourth-order valence-corrected chi connectivity index (χ4v) is 1.18. The van der Waals surface area contributed by atoms with Gasteiger partial charge in [0.05, 0.1) is 13.1 Å². The van der Waals surface area contributed by atoms with Crippen LogP contribution in [0, 0.1) is 12.3 Å². The van der Waals surface area contributed by atoms with E-state index in [2.05, 4.69) is 26.5 Å². The van der Waals surface area contributed by atoms with Gasteiger partial charge in [-0.05, 0) is 0 Å². The third-order valence-electron chi connectivity index (χ3n) is 1.95. The molecule has 0 atom stereocenters. The van der Waals surface area contributed by atoms with E-state index in [4.69, 9.17) is 6.42 Å². The van der Waals surface area contributed by atoms with Crippen LogP contribution in [0.4, 0.5) is 8.78 Å². The number of halogens is 2. The summed E-state index contributed by atoms with van der Waals surface area (Å²) in [5, 5.41) is 5.64. The first-order valence-electron chi connectivity index (χ1n) is 4.87. The molecule has 0 spiro atoms. The normalized spacial score (nSPS) is 11.4. The molecule has 0 aromatic carbocycles. The van der Waals surface area contributed by atoms with E-state index in [1.165, 1.54) is 12.4 Å². The van der Waals surface area contributed by atoms with E-state index in [-0.39, 0.29) is 12.4 Å². The molecule has 7 heteroatoms. The van der Waals surface area contributed by atoms with Gasteiger partial charge in [-0.3, -0.25) is 9.56 Å². The molecule has 0 bridgehead atoms. The molecule has 0 fully saturated rings. The third-order valence-corrected chi connectivity index (χ3v) is 1.95. The first-order valence-corrected chi connectivity index (χ1v) is 4.87. The lowest BCUT2D eigenvalue weighted by molar-refractivity contribution is 0.0668. The van der Waals surface area contributed by atoms with Crippen LogP contribution < -0.4 is 10.6 Å².